The molecule has 0 bridgehead atoms. The summed E-state index contributed by atoms with van der Waals surface area (Å²) >= 11 is 0. The highest BCUT2D eigenvalue weighted by atomic mass is 16.3. The monoisotopic (exact) mass is 195 g/mol. The van der Waals surface area contributed by atoms with Gasteiger partial charge in [-0.15, -0.1) is 0 Å². The number of aromatic nitrogens is 2. The van der Waals surface area contributed by atoms with Gasteiger partial charge in [0.25, 0.3) is 0 Å². The average molecular weight is 195 g/mol. The Bertz CT molecular complexity index is 308. The lowest BCUT2D eigenvalue weighted by Crippen LogP contribution is -2.28. The predicted molar refractivity (Wildman–Crippen MR) is 54.3 cm³/mol. The second kappa shape index (κ2) is 3.61. The number of hydrogen-bond acceptors (Lipinski definition) is 3. The van der Waals surface area contributed by atoms with E-state index in [2.05, 4.69) is 23.8 Å². The predicted octanol–water partition coefficient (Wildman–Crippen LogP) is 1.24. The van der Waals surface area contributed by atoms with Crippen LogP contribution in [0, 0.1) is 0 Å². The number of nitrogens with zero attached hydrogens (tertiary/aromatic N) is 3. The van der Waals surface area contributed by atoms with Crippen molar-refractivity contribution in [1.82, 2.24) is 14.7 Å². The van der Waals surface area contributed by atoms with Gasteiger partial charge < -0.3 is 5.11 Å². The molecule has 4 nitrogen and oxygen atoms in total. The Labute approximate surface area is 84.1 Å². The maximum atomic E-state index is 9.19. The topological polar surface area (TPSA) is 41.3 Å². The summed E-state index contributed by atoms with van der Waals surface area (Å²) in [4.78, 5) is 2.43. The van der Waals surface area contributed by atoms with E-state index in [1.165, 1.54) is 6.20 Å². The normalized spacial score (nSPS) is 23.5. The summed E-state index contributed by atoms with van der Waals surface area (Å²) in [5, 5.41) is 13.3. The van der Waals surface area contributed by atoms with Crippen LogP contribution in [0.4, 0.5) is 0 Å². The lowest BCUT2D eigenvalue weighted by Gasteiger charge is -2.20. The molecule has 2 rings (SSSR count). The molecule has 1 unspecified atom stereocenters. The van der Waals surface area contributed by atoms with Gasteiger partial charge in [-0.3, -0.25) is 9.58 Å². The average Bonchev–Trinajstić information content (AvgIpc) is 2.70. The number of likely N-dealkylation sites (tertiary alicyclic amines) is 1. The SMILES string of the molecule is CC(C)N1CCC(n2cc(O)cn2)C1. The molecule has 78 valence electrons. The molecule has 0 saturated carbocycles. The summed E-state index contributed by atoms with van der Waals surface area (Å²) in [6.07, 6.45) is 4.33. The van der Waals surface area contributed by atoms with Crippen molar-refractivity contribution in [2.45, 2.75) is 32.4 Å². The molecule has 0 radical (unpaired) electrons. The lowest BCUT2D eigenvalue weighted by molar-refractivity contribution is 0.262. The summed E-state index contributed by atoms with van der Waals surface area (Å²) < 4.78 is 1.87. The summed E-state index contributed by atoms with van der Waals surface area (Å²) in [7, 11) is 0. The highest BCUT2D eigenvalue weighted by Crippen LogP contribution is 2.23. The Morgan fingerprint density at radius 2 is 2.36 bits per heavy atom. The van der Waals surface area contributed by atoms with Gasteiger partial charge in [0.2, 0.25) is 0 Å². The molecular weight excluding hydrogens is 178 g/mol. The van der Waals surface area contributed by atoms with E-state index in [1.807, 2.05) is 4.68 Å². The molecule has 0 aliphatic carbocycles. The van der Waals surface area contributed by atoms with Crippen LogP contribution in [0.1, 0.15) is 26.3 Å². The molecule has 0 aromatic carbocycles. The van der Waals surface area contributed by atoms with Gasteiger partial charge in [0.15, 0.2) is 5.75 Å². The van der Waals surface area contributed by atoms with Gasteiger partial charge in [-0.05, 0) is 20.3 Å². The fourth-order valence-electron chi connectivity index (χ4n) is 1.98. The number of hydrogen-bond donors (Lipinski definition) is 1. The van der Waals surface area contributed by atoms with Gasteiger partial charge in [0.05, 0.1) is 18.4 Å². The van der Waals surface area contributed by atoms with Crippen LogP contribution < -0.4 is 0 Å². The molecule has 1 fully saturated rings. The zero-order valence-electron chi connectivity index (χ0n) is 8.72. The second-order valence-electron chi connectivity index (χ2n) is 4.21. The highest BCUT2D eigenvalue weighted by Gasteiger charge is 2.25. The van der Waals surface area contributed by atoms with Crippen molar-refractivity contribution in [3.8, 4) is 5.75 Å². The Morgan fingerprint density at radius 3 is 2.86 bits per heavy atom. The van der Waals surface area contributed by atoms with E-state index >= 15 is 0 Å². The first kappa shape index (κ1) is 9.52. The van der Waals surface area contributed by atoms with Crippen molar-refractivity contribution < 1.29 is 5.11 Å². The third-order valence-electron chi connectivity index (χ3n) is 2.89. The third kappa shape index (κ3) is 1.75. The highest BCUT2D eigenvalue weighted by molar-refractivity contribution is 5.09. The van der Waals surface area contributed by atoms with Crippen molar-refractivity contribution in [3.05, 3.63) is 12.4 Å². The number of rotatable bonds is 2. The van der Waals surface area contributed by atoms with Gasteiger partial charge in [0.1, 0.15) is 0 Å². The minimum Gasteiger partial charge on any atom is -0.505 e. The fourth-order valence-corrected chi connectivity index (χ4v) is 1.98. The van der Waals surface area contributed by atoms with Crippen LogP contribution in [0.3, 0.4) is 0 Å². The van der Waals surface area contributed by atoms with E-state index in [4.69, 9.17) is 0 Å². The molecule has 1 aromatic heterocycles. The third-order valence-corrected chi connectivity index (χ3v) is 2.89. The van der Waals surface area contributed by atoms with Gasteiger partial charge in [-0.2, -0.15) is 5.10 Å². The summed E-state index contributed by atoms with van der Waals surface area (Å²) in [6, 6.07) is 1.03. The van der Waals surface area contributed by atoms with Gasteiger partial charge >= 0.3 is 0 Å². The molecule has 1 saturated heterocycles. The van der Waals surface area contributed by atoms with Crippen molar-refractivity contribution in [3.63, 3.8) is 0 Å². The second-order valence-corrected chi connectivity index (χ2v) is 4.21. The Morgan fingerprint density at radius 1 is 1.57 bits per heavy atom. The standard InChI is InChI=1S/C10H17N3O/c1-8(2)12-4-3-9(6-12)13-7-10(14)5-11-13/h5,7-9,14H,3-4,6H2,1-2H3. The van der Waals surface area contributed by atoms with Gasteiger partial charge in [-0.1, -0.05) is 0 Å². The van der Waals surface area contributed by atoms with E-state index < -0.39 is 0 Å². The van der Waals surface area contributed by atoms with E-state index in [0.717, 1.165) is 19.5 Å². The first-order valence-electron chi connectivity index (χ1n) is 5.14. The molecule has 1 aliphatic heterocycles. The Hall–Kier alpha value is -1.03. The van der Waals surface area contributed by atoms with Gasteiger partial charge in [0, 0.05) is 19.1 Å². The quantitative estimate of drug-likeness (QED) is 0.772. The summed E-state index contributed by atoms with van der Waals surface area (Å²) in [6.45, 7) is 6.59. The van der Waals surface area contributed by atoms with Crippen LogP contribution in [-0.2, 0) is 0 Å². The first-order valence-corrected chi connectivity index (χ1v) is 5.14. The largest absolute Gasteiger partial charge is 0.505 e. The lowest BCUT2D eigenvalue weighted by atomic mass is 10.3. The first-order chi connectivity index (χ1) is 6.66. The molecular formula is C10H17N3O. The summed E-state index contributed by atoms with van der Waals surface area (Å²) in [5.41, 5.74) is 0. The van der Waals surface area contributed by atoms with Crippen molar-refractivity contribution in [1.29, 1.82) is 0 Å². The molecule has 1 aliphatic rings. The maximum Gasteiger partial charge on any atom is 0.153 e. The van der Waals surface area contributed by atoms with E-state index in [0.29, 0.717) is 12.1 Å². The van der Waals surface area contributed by atoms with Gasteiger partial charge in [-0.25, -0.2) is 0 Å². The Balaban J connectivity index is 2.02. The molecule has 0 amide bonds. The van der Waals surface area contributed by atoms with Crippen molar-refractivity contribution in [2.24, 2.45) is 0 Å². The van der Waals surface area contributed by atoms with E-state index in [1.54, 1.807) is 6.20 Å². The minimum absolute atomic E-state index is 0.257. The van der Waals surface area contributed by atoms with Crippen molar-refractivity contribution >= 4 is 0 Å². The Kier molecular flexibility index (Phi) is 2.46. The zero-order chi connectivity index (χ0) is 10.1. The van der Waals surface area contributed by atoms with Crippen LogP contribution in [-0.4, -0.2) is 38.9 Å². The molecule has 1 atom stereocenters. The smallest absolute Gasteiger partial charge is 0.153 e. The maximum absolute atomic E-state index is 9.19. The van der Waals surface area contributed by atoms with Crippen molar-refractivity contribution in [2.75, 3.05) is 13.1 Å². The van der Waals surface area contributed by atoms with Crippen LogP contribution in [0.25, 0.3) is 0 Å². The van der Waals surface area contributed by atoms with E-state index in [9.17, 15) is 5.11 Å². The fraction of sp³-hybridized carbons (Fsp3) is 0.700. The summed E-state index contributed by atoms with van der Waals surface area (Å²) in [5.74, 6) is 0.257. The number of aromatic hydroxyl groups is 1. The molecule has 0 spiro atoms. The molecule has 4 heteroatoms. The van der Waals surface area contributed by atoms with Crippen LogP contribution >= 0.6 is 0 Å². The van der Waals surface area contributed by atoms with Crippen LogP contribution in [0.2, 0.25) is 0 Å². The zero-order valence-corrected chi connectivity index (χ0v) is 8.72. The molecule has 1 N–H and O–H groups in total. The molecule has 14 heavy (non-hydrogen) atoms. The van der Waals surface area contributed by atoms with Crippen LogP contribution in [0.5, 0.6) is 5.75 Å². The molecule has 1 aromatic rings. The van der Waals surface area contributed by atoms with E-state index in [-0.39, 0.29) is 5.75 Å². The van der Waals surface area contributed by atoms with Crippen LogP contribution in [0.15, 0.2) is 12.4 Å². The molecule has 2 heterocycles. The minimum atomic E-state index is 0.257.